The summed E-state index contributed by atoms with van der Waals surface area (Å²) in [7, 11) is 0. The number of halogens is 2. The molecule has 0 aromatic heterocycles. The van der Waals surface area contributed by atoms with Crippen molar-refractivity contribution in [2.45, 2.75) is 40.5 Å². The zero-order chi connectivity index (χ0) is 14.5. The number of rotatable bonds is 7. The number of benzene rings is 1. The molecule has 0 aliphatic heterocycles. The van der Waals surface area contributed by atoms with Gasteiger partial charge in [0.2, 0.25) is 0 Å². The van der Waals surface area contributed by atoms with E-state index in [1.807, 2.05) is 0 Å². The van der Waals surface area contributed by atoms with E-state index < -0.39 is 0 Å². The van der Waals surface area contributed by atoms with Gasteiger partial charge in [-0.05, 0) is 48.4 Å². The van der Waals surface area contributed by atoms with Gasteiger partial charge in [-0.25, -0.2) is 4.39 Å². The molecule has 1 aromatic carbocycles. The number of hydrogen-bond acceptors (Lipinski definition) is 1. The average molecular weight is 286 g/mol. The Hall–Kier alpha value is -0.600. The van der Waals surface area contributed by atoms with Crippen LogP contribution in [0.3, 0.4) is 0 Å². The van der Waals surface area contributed by atoms with Crippen molar-refractivity contribution in [1.82, 2.24) is 5.32 Å². The topological polar surface area (TPSA) is 12.0 Å². The van der Waals surface area contributed by atoms with Crippen LogP contribution >= 0.6 is 11.6 Å². The first kappa shape index (κ1) is 16.5. The van der Waals surface area contributed by atoms with Crippen molar-refractivity contribution < 1.29 is 4.39 Å². The van der Waals surface area contributed by atoms with Gasteiger partial charge in [0.05, 0.1) is 0 Å². The molecule has 108 valence electrons. The fourth-order valence-corrected chi connectivity index (χ4v) is 2.26. The van der Waals surface area contributed by atoms with Gasteiger partial charge in [-0.1, -0.05) is 45.4 Å². The Balaban J connectivity index is 2.68. The maximum Gasteiger partial charge on any atom is 0.127 e. The smallest absolute Gasteiger partial charge is 0.127 e. The standard InChI is InChI=1S/C16H25ClFN/c1-5-16(4,11-19-10-12(2)3)9-13-6-7-14(17)8-15(13)18/h6-8,12,19H,5,9-11H2,1-4H3. The minimum absolute atomic E-state index is 0.0730. The van der Waals surface area contributed by atoms with E-state index in [0.717, 1.165) is 31.5 Å². The van der Waals surface area contributed by atoms with Gasteiger partial charge in [0.15, 0.2) is 0 Å². The molecule has 0 aliphatic carbocycles. The molecule has 0 saturated carbocycles. The quantitative estimate of drug-likeness (QED) is 0.767. The largest absolute Gasteiger partial charge is 0.316 e. The molecule has 3 heteroatoms. The monoisotopic (exact) mass is 285 g/mol. The molecule has 0 spiro atoms. The average Bonchev–Trinajstić information content (AvgIpc) is 2.32. The highest BCUT2D eigenvalue weighted by atomic mass is 35.5. The summed E-state index contributed by atoms with van der Waals surface area (Å²) in [5.41, 5.74) is 0.823. The van der Waals surface area contributed by atoms with E-state index in [1.165, 1.54) is 6.07 Å². The van der Waals surface area contributed by atoms with E-state index >= 15 is 0 Å². The van der Waals surface area contributed by atoms with E-state index in [-0.39, 0.29) is 11.2 Å². The minimum atomic E-state index is -0.198. The van der Waals surface area contributed by atoms with E-state index in [1.54, 1.807) is 12.1 Å². The van der Waals surface area contributed by atoms with Crippen LogP contribution in [-0.4, -0.2) is 13.1 Å². The first-order valence-corrected chi connectivity index (χ1v) is 7.39. The molecule has 0 aliphatic rings. The highest BCUT2D eigenvalue weighted by Gasteiger charge is 2.23. The van der Waals surface area contributed by atoms with E-state index in [2.05, 4.69) is 33.0 Å². The predicted octanol–water partition coefficient (Wildman–Crippen LogP) is 4.68. The second-order valence-corrected chi connectivity index (χ2v) is 6.54. The van der Waals surface area contributed by atoms with Crippen LogP contribution < -0.4 is 5.32 Å². The summed E-state index contributed by atoms with van der Waals surface area (Å²) >= 11 is 5.79. The van der Waals surface area contributed by atoms with Crippen LogP contribution in [0.5, 0.6) is 0 Å². The van der Waals surface area contributed by atoms with Gasteiger partial charge in [-0.15, -0.1) is 0 Å². The maximum absolute atomic E-state index is 13.9. The molecule has 0 radical (unpaired) electrons. The van der Waals surface area contributed by atoms with E-state index in [4.69, 9.17) is 11.6 Å². The fraction of sp³-hybridized carbons (Fsp3) is 0.625. The molecule has 1 unspecified atom stereocenters. The second kappa shape index (κ2) is 7.25. The maximum atomic E-state index is 13.9. The van der Waals surface area contributed by atoms with Crippen LogP contribution in [0.1, 0.15) is 39.7 Å². The van der Waals surface area contributed by atoms with Gasteiger partial charge in [0, 0.05) is 11.6 Å². The first-order chi connectivity index (χ1) is 8.86. The third-order valence-corrected chi connectivity index (χ3v) is 3.83. The summed E-state index contributed by atoms with van der Waals surface area (Å²) in [6.45, 7) is 10.6. The van der Waals surface area contributed by atoms with Crippen LogP contribution in [0.2, 0.25) is 5.02 Å². The van der Waals surface area contributed by atoms with Crippen LogP contribution in [0.15, 0.2) is 18.2 Å². The Bertz CT molecular complexity index is 406. The molecule has 1 atom stereocenters. The molecule has 19 heavy (non-hydrogen) atoms. The van der Waals surface area contributed by atoms with Crippen molar-refractivity contribution in [3.05, 3.63) is 34.6 Å². The van der Waals surface area contributed by atoms with Gasteiger partial charge in [-0.2, -0.15) is 0 Å². The third-order valence-electron chi connectivity index (χ3n) is 3.59. The van der Waals surface area contributed by atoms with E-state index in [0.29, 0.717) is 10.9 Å². The molecule has 0 fully saturated rings. The molecule has 1 N–H and O–H groups in total. The first-order valence-electron chi connectivity index (χ1n) is 7.01. The lowest BCUT2D eigenvalue weighted by Gasteiger charge is -2.29. The lowest BCUT2D eigenvalue weighted by atomic mass is 9.81. The Morgan fingerprint density at radius 3 is 2.58 bits per heavy atom. The fourth-order valence-electron chi connectivity index (χ4n) is 2.10. The van der Waals surface area contributed by atoms with Crippen LogP contribution in [0.4, 0.5) is 4.39 Å². The molecule has 1 aromatic rings. The molecule has 1 nitrogen and oxygen atoms in total. The Morgan fingerprint density at radius 2 is 2.05 bits per heavy atom. The second-order valence-electron chi connectivity index (χ2n) is 6.10. The summed E-state index contributed by atoms with van der Waals surface area (Å²) in [5.74, 6) is 0.435. The molecular formula is C16H25ClFN. The summed E-state index contributed by atoms with van der Waals surface area (Å²) in [5, 5.41) is 3.93. The van der Waals surface area contributed by atoms with Crippen molar-refractivity contribution >= 4 is 11.6 Å². The molecule has 0 saturated heterocycles. The lowest BCUT2D eigenvalue weighted by Crippen LogP contribution is -2.35. The molecule has 0 bridgehead atoms. The van der Waals surface area contributed by atoms with Crippen LogP contribution in [-0.2, 0) is 6.42 Å². The van der Waals surface area contributed by atoms with Gasteiger partial charge in [-0.3, -0.25) is 0 Å². The normalized spacial score (nSPS) is 14.7. The highest BCUT2D eigenvalue weighted by molar-refractivity contribution is 6.30. The minimum Gasteiger partial charge on any atom is -0.316 e. The highest BCUT2D eigenvalue weighted by Crippen LogP contribution is 2.28. The summed E-state index contributed by atoms with van der Waals surface area (Å²) in [4.78, 5) is 0. The van der Waals surface area contributed by atoms with Crippen molar-refractivity contribution in [3.8, 4) is 0 Å². The Kier molecular flexibility index (Phi) is 6.28. The SMILES string of the molecule is CCC(C)(CNCC(C)C)Cc1ccc(Cl)cc1F. The molecule has 0 amide bonds. The molecule has 0 heterocycles. The number of nitrogens with one attached hydrogen (secondary N) is 1. The summed E-state index contributed by atoms with van der Waals surface area (Å²) in [6, 6.07) is 4.96. The Morgan fingerprint density at radius 1 is 1.37 bits per heavy atom. The third kappa shape index (κ3) is 5.50. The Labute approximate surface area is 121 Å². The summed E-state index contributed by atoms with van der Waals surface area (Å²) < 4.78 is 13.9. The van der Waals surface area contributed by atoms with Gasteiger partial charge in [0.1, 0.15) is 5.82 Å². The predicted molar refractivity (Wildman–Crippen MR) is 81.2 cm³/mol. The number of hydrogen-bond donors (Lipinski definition) is 1. The van der Waals surface area contributed by atoms with Crippen LogP contribution in [0.25, 0.3) is 0 Å². The van der Waals surface area contributed by atoms with Crippen molar-refractivity contribution in [3.63, 3.8) is 0 Å². The van der Waals surface area contributed by atoms with Gasteiger partial charge >= 0.3 is 0 Å². The van der Waals surface area contributed by atoms with Crippen molar-refractivity contribution in [2.75, 3.05) is 13.1 Å². The zero-order valence-corrected chi connectivity index (χ0v) is 13.1. The van der Waals surface area contributed by atoms with Gasteiger partial charge < -0.3 is 5.32 Å². The lowest BCUT2D eigenvalue weighted by molar-refractivity contribution is 0.282. The van der Waals surface area contributed by atoms with Crippen molar-refractivity contribution in [1.29, 1.82) is 0 Å². The van der Waals surface area contributed by atoms with E-state index in [9.17, 15) is 4.39 Å². The molecule has 1 rings (SSSR count). The summed E-state index contributed by atoms with van der Waals surface area (Å²) in [6.07, 6.45) is 1.75. The van der Waals surface area contributed by atoms with Crippen LogP contribution in [0, 0.1) is 17.2 Å². The zero-order valence-electron chi connectivity index (χ0n) is 12.4. The van der Waals surface area contributed by atoms with Gasteiger partial charge in [0.25, 0.3) is 0 Å². The van der Waals surface area contributed by atoms with Crippen molar-refractivity contribution in [2.24, 2.45) is 11.3 Å². The molecular weight excluding hydrogens is 261 g/mol.